The lowest BCUT2D eigenvalue weighted by molar-refractivity contribution is 0.354. The molecule has 16 heavy (non-hydrogen) atoms. The van der Waals surface area contributed by atoms with Crippen LogP contribution in [0.25, 0.3) is 0 Å². The summed E-state index contributed by atoms with van der Waals surface area (Å²) >= 11 is 0. The third kappa shape index (κ3) is 3.62. The molecule has 0 aromatic rings. The monoisotopic (exact) mass is 220 g/mol. The summed E-state index contributed by atoms with van der Waals surface area (Å²) in [6, 6.07) is 4.05. The van der Waals surface area contributed by atoms with Crippen molar-refractivity contribution in [2.75, 3.05) is 0 Å². The predicted molar refractivity (Wildman–Crippen MR) is 62.6 cm³/mol. The zero-order valence-electron chi connectivity index (χ0n) is 10.9. The summed E-state index contributed by atoms with van der Waals surface area (Å²) in [5.74, 6) is 0. The number of nitriles is 2. The van der Waals surface area contributed by atoms with Crippen molar-refractivity contribution < 1.29 is 0 Å². The Hall–Kier alpha value is -1.42. The molecule has 0 spiro atoms. The molecule has 88 valence electrons. The molecule has 0 aliphatic carbocycles. The van der Waals surface area contributed by atoms with Crippen molar-refractivity contribution in [2.45, 2.75) is 53.6 Å². The van der Waals surface area contributed by atoms with Gasteiger partial charge in [-0.1, -0.05) is 0 Å². The minimum Gasteiger partial charge on any atom is -0.198 e. The predicted octanol–water partition coefficient (Wildman–Crippen LogP) is 3.32. The normalized spacial score (nSPS) is 16.5. The average Bonchev–Trinajstić information content (AvgIpc) is 2.24. The minimum atomic E-state index is -0.528. The molecule has 0 heterocycles. The van der Waals surface area contributed by atoms with Gasteiger partial charge in [-0.25, -0.2) is 0 Å². The molecule has 0 aliphatic rings. The first-order valence-electron chi connectivity index (χ1n) is 5.40. The van der Waals surface area contributed by atoms with Crippen LogP contribution in [0.2, 0.25) is 0 Å². The van der Waals surface area contributed by atoms with Gasteiger partial charge in [0.15, 0.2) is 0 Å². The summed E-state index contributed by atoms with van der Waals surface area (Å²) in [5, 5.41) is 26.1. The molecule has 0 saturated heterocycles. The second-order valence-corrected chi connectivity index (χ2v) is 5.25. The first kappa shape index (κ1) is 14.6. The topological polar surface area (TPSA) is 72.3 Å². The number of rotatable bonds is 4. The maximum absolute atomic E-state index is 8.93. The molecular weight excluding hydrogens is 200 g/mol. The van der Waals surface area contributed by atoms with Crippen LogP contribution < -0.4 is 0 Å². The van der Waals surface area contributed by atoms with Crippen LogP contribution in [0.4, 0.5) is 0 Å². The van der Waals surface area contributed by atoms with Crippen LogP contribution in [0.5, 0.6) is 0 Å². The Morgan fingerprint density at radius 2 is 1.06 bits per heavy atom. The van der Waals surface area contributed by atoms with E-state index in [9.17, 15) is 0 Å². The van der Waals surface area contributed by atoms with Crippen LogP contribution in [0.15, 0.2) is 10.2 Å². The van der Waals surface area contributed by atoms with Gasteiger partial charge in [0.2, 0.25) is 0 Å². The summed E-state index contributed by atoms with van der Waals surface area (Å²) < 4.78 is 0. The lowest BCUT2D eigenvalue weighted by Gasteiger charge is -2.22. The number of nitrogens with zero attached hydrogens (tertiary/aromatic N) is 4. The third-order valence-corrected chi connectivity index (χ3v) is 3.08. The maximum Gasteiger partial charge on any atom is 0.0860 e. The summed E-state index contributed by atoms with van der Waals surface area (Å²) in [6.45, 7) is 11.0. The van der Waals surface area contributed by atoms with E-state index in [1.54, 1.807) is 0 Å². The van der Waals surface area contributed by atoms with Crippen LogP contribution in [-0.2, 0) is 0 Å². The van der Waals surface area contributed by atoms with Gasteiger partial charge in [-0.3, -0.25) is 0 Å². The van der Waals surface area contributed by atoms with E-state index in [-0.39, 0.29) is 12.1 Å². The second kappa shape index (κ2) is 5.07. The molecular formula is C12H20N4. The van der Waals surface area contributed by atoms with Crippen molar-refractivity contribution >= 4 is 0 Å². The highest BCUT2D eigenvalue weighted by atomic mass is 15.1. The van der Waals surface area contributed by atoms with Gasteiger partial charge in [-0.15, -0.1) is 0 Å². The molecule has 0 rings (SSSR count). The highest BCUT2D eigenvalue weighted by Crippen LogP contribution is 2.25. The number of hydrogen-bond acceptors (Lipinski definition) is 4. The van der Waals surface area contributed by atoms with Crippen LogP contribution in [-0.4, -0.2) is 12.1 Å². The van der Waals surface area contributed by atoms with E-state index in [0.29, 0.717) is 0 Å². The minimum absolute atomic E-state index is 0.172. The standard InChI is InChI=1S/C12H20N4/c1-9(11(3,4)7-13)15-16-10(2)12(5,6)8-14/h9-10H,1-6H3. The average molecular weight is 220 g/mol. The molecule has 0 N–H and O–H groups in total. The van der Waals surface area contributed by atoms with Gasteiger partial charge in [0.1, 0.15) is 0 Å². The Kier molecular flexibility index (Phi) is 4.62. The Balaban J connectivity index is 4.66. The summed E-state index contributed by atoms with van der Waals surface area (Å²) in [6.07, 6.45) is 0. The van der Waals surface area contributed by atoms with Gasteiger partial charge >= 0.3 is 0 Å². The second-order valence-electron chi connectivity index (χ2n) is 5.25. The fraction of sp³-hybridized carbons (Fsp3) is 0.833. The first-order chi connectivity index (χ1) is 7.17. The Morgan fingerprint density at radius 1 is 0.812 bits per heavy atom. The van der Waals surface area contributed by atoms with Crippen LogP contribution in [0.1, 0.15) is 41.5 Å². The van der Waals surface area contributed by atoms with Gasteiger partial charge < -0.3 is 0 Å². The maximum atomic E-state index is 8.93. The summed E-state index contributed by atoms with van der Waals surface area (Å²) in [4.78, 5) is 0. The zero-order valence-corrected chi connectivity index (χ0v) is 10.9. The van der Waals surface area contributed by atoms with Gasteiger partial charge in [0.05, 0.1) is 35.1 Å². The van der Waals surface area contributed by atoms with E-state index in [4.69, 9.17) is 10.5 Å². The molecule has 0 aromatic carbocycles. The van der Waals surface area contributed by atoms with Gasteiger partial charge in [0, 0.05) is 0 Å². The molecule has 0 aromatic heterocycles. The lowest BCUT2D eigenvalue weighted by Crippen LogP contribution is -2.25. The largest absolute Gasteiger partial charge is 0.198 e. The van der Waals surface area contributed by atoms with E-state index in [1.165, 1.54) is 0 Å². The molecule has 0 fully saturated rings. The Bertz CT molecular complexity index is 307. The van der Waals surface area contributed by atoms with E-state index in [0.717, 1.165) is 0 Å². The fourth-order valence-corrected chi connectivity index (χ4v) is 0.676. The third-order valence-electron chi connectivity index (χ3n) is 3.08. The molecule has 2 unspecified atom stereocenters. The Labute approximate surface area is 98.0 Å². The Morgan fingerprint density at radius 3 is 1.25 bits per heavy atom. The first-order valence-corrected chi connectivity index (χ1v) is 5.40. The lowest BCUT2D eigenvalue weighted by atomic mass is 9.87. The van der Waals surface area contributed by atoms with E-state index in [2.05, 4.69) is 22.4 Å². The highest BCUT2D eigenvalue weighted by Gasteiger charge is 2.28. The molecule has 0 radical (unpaired) electrons. The van der Waals surface area contributed by atoms with Crippen molar-refractivity contribution in [3.63, 3.8) is 0 Å². The number of hydrogen-bond donors (Lipinski definition) is 0. The van der Waals surface area contributed by atoms with Crippen LogP contribution in [0, 0.1) is 33.5 Å². The van der Waals surface area contributed by atoms with E-state index < -0.39 is 10.8 Å². The zero-order chi connectivity index (χ0) is 13.0. The molecule has 0 aliphatic heterocycles. The molecule has 0 amide bonds. The van der Waals surface area contributed by atoms with Gasteiger partial charge in [-0.2, -0.15) is 20.8 Å². The summed E-state index contributed by atoms with van der Waals surface area (Å²) in [7, 11) is 0. The highest BCUT2D eigenvalue weighted by molar-refractivity contribution is 5.00. The van der Waals surface area contributed by atoms with Crippen molar-refractivity contribution in [3.05, 3.63) is 0 Å². The fourth-order valence-electron chi connectivity index (χ4n) is 0.676. The van der Waals surface area contributed by atoms with Crippen molar-refractivity contribution in [1.29, 1.82) is 10.5 Å². The van der Waals surface area contributed by atoms with Gasteiger partial charge in [0.25, 0.3) is 0 Å². The molecule has 0 saturated carbocycles. The van der Waals surface area contributed by atoms with Gasteiger partial charge in [-0.05, 0) is 41.5 Å². The molecule has 4 nitrogen and oxygen atoms in total. The SMILES string of the molecule is CC(N=NC(C)C(C)(C)C#N)C(C)(C)C#N. The smallest absolute Gasteiger partial charge is 0.0860 e. The van der Waals surface area contributed by atoms with E-state index in [1.807, 2.05) is 41.5 Å². The van der Waals surface area contributed by atoms with Crippen molar-refractivity contribution in [1.82, 2.24) is 0 Å². The summed E-state index contributed by atoms with van der Waals surface area (Å²) in [5.41, 5.74) is -1.06. The van der Waals surface area contributed by atoms with Crippen molar-refractivity contribution in [2.24, 2.45) is 21.1 Å². The van der Waals surface area contributed by atoms with E-state index >= 15 is 0 Å². The molecule has 2 atom stereocenters. The van der Waals surface area contributed by atoms with Crippen LogP contribution >= 0.6 is 0 Å². The molecule has 0 bridgehead atoms. The quantitative estimate of drug-likeness (QED) is 0.682. The van der Waals surface area contributed by atoms with Crippen LogP contribution in [0.3, 0.4) is 0 Å². The number of azo groups is 1. The van der Waals surface area contributed by atoms with Crippen molar-refractivity contribution in [3.8, 4) is 12.1 Å². The molecule has 4 heteroatoms.